The maximum atomic E-state index is 12.2. The molecule has 4 N–H and O–H groups in total. The molecule has 0 aliphatic rings. The highest BCUT2D eigenvalue weighted by Crippen LogP contribution is 2.31. The van der Waals surface area contributed by atoms with Crippen LogP contribution >= 0.6 is 23.2 Å². The lowest BCUT2D eigenvalue weighted by atomic mass is 10.1. The lowest BCUT2D eigenvalue weighted by molar-refractivity contribution is 0.0698. The zero-order valence-electron chi connectivity index (χ0n) is 10.6. The van der Waals surface area contributed by atoms with Crippen LogP contribution in [0.15, 0.2) is 36.4 Å². The van der Waals surface area contributed by atoms with Gasteiger partial charge in [0.2, 0.25) is 0 Å². The molecule has 1 amide bonds. The monoisotopic (exact) mass is 324 g/mol. The number of para-hydroxylation sites is 1. The van der Waals surface area contributed by atoms with Crippen molar-refractivity contribution in [2.24, 2.45) is 0 Å². The van der Waals surface area contributed by atoms with E-state index in [0.29, 0.717) is 0 Å². The van der Waals surface area contributed by atoms with Gasteiger partial charge in [0.1, 0.15) is 0 Å². The number of carbonyl (C=O) groups excluding carboxylic acids is 1. The van der Waals surface area contributed by atoms with Gasteiger partial charge in [-0.25, -0.2) is 4.79 Å². The third kappa shape index (κ3) is 3.26. The number of benzene rings is 2. The van der Waals surface area contributed by atoms with Crippen molar-refractivity contribution in [3.05, 3.63) is 57.6 Å². The van der Waals surface area contributed by atoms with Crippen molar-refractivity contribution < 1.29 is 14.7 Å². The summed E-state index contributed by atoms with van der Waals surface area (Å²) in [6.07, 6.45) is 0. The Morgan fingerprint density at radius 1 is 1.10 bits per heavy atom. The Bertz CT molecular complexity index is 732. The first-order valence-corrected chi connectivity index (χ1v) is 6.54. The van der Waals surface area contributed by atoms with Crippen molar-refractivity contribution in [3.63, 3.8) is 0 Å². The maximum Gasteiger partial charge on any atom is 0.337 e. The molecule has 21 heavy (non-hydrogen) atoms. The summed E-state index contributed by atoms with van der Waals surface area (Å²) in [6.45, 7) is 0. The van der Waals surface area contributed by atoms with Gasteiger partial charge in [0, 0.05) is 10.7 Å². The van der Waals surface area contributed by atoms with Gasteiger partial charge in [-0.15, -0.1) is 0 Å². The number of rotatable bonds is 3. The summed E-state index contributed by atoms with van der Waals surface area (Å²) < 4.78 is 0. The quantitative estimate of drug-likeness (QED) is 0.753. The zero-order valence-corrected chi connectivity index (χ0v) is 12.1. The second-order valence-corrected chi connectivity index (χ2v) is 5.00. The van der Waals surface area contributed by atoms with Crippen LogP contribution in [0, 0.1) is 0 Å². The molecule has 5 nitrogen and oxygen atoms in total. The van der Waals surface area contributed by atoms with E-state index in [1.165, 1.54) is 18.2 Å². The minimum atomic E-state index is -1.25. The lowest BCUT2D eigenvalue weighted by Crippen LogP contribution is -2.16. The predicted molar refractivity (Wildman–Crippen MR) is 82.2 cm³/mol. The van der Waals surface area contributed by atoms with Crippen LogP contribution in [-0.4, -0.2) is 17.0 Å². The number of halogens is 2. The predicted octanol–water partition coefficient (Wildman–Crippen LogP) is 3.53. The minimum Gasteiger partial charge on any atom is -0.478 e. The van der Waals surface area contributed by atoms with Crippen LogP contribution in [0.5, 0.6) is 0 Å². The van der Waals surface area contributed by atoms with Crippen LogP contribution in [-0.2, 0) is 0 Å². The number of nitrogens with one attached hydrogen (secondary N) is 1. The van der Waals surface area contributed by atoms with E-state index < -0.39 is 11.9 Å². The summed E-state index contributed by atoms with van der Waals surface area (Å²) in [5, 5.41) is 11.8. The van der Waals surface area contributed by atoms with Gasteiger partial charge in [-0.1, -0.05) is 35.3 Å². The maximum absolute atomic E-state index is 12.2. The zero-order chi connectivity index (χ0) is 15.6. The van der Waals surface area contributed by atoms with Crippen LogP contribution in [0.3, 0.4) is 0 Å². The second-order valence-electron chi connectivity index (χ2n) is 4.16. The Hall–Kier alpha value is -2.24. The third-order valence-electron chi connectivity index (χ3n) is 2.73. The normalized spacial score (nSPS) is 10.2. The summed E-state index contributed by atoms with van der Waals surface area (Å²) in [5.41, 5.74) is 5.98. The van der Waals surface area contributed by atoms with E-state index in [9.17, 15) is 9.59 Å². The van der Waals surface area contributed by atoms with Crippen LogP contribution in [0.2, 0.25) is 10.0 Å². The molecule has 0 unspecified atom stereocenters. The first kappa shape index (κ1) is 15.2. The Balaban J connectivity index is 2.42. The standard InChI is InChI=1S/C14H10Cl2N2O3/c15-7-5-9(14(20)21)12(10(16)6-7)18-13(19)8-3-1-2-4-11(8)17/h1-6H,17H2,(H,18,19)(H,20,21). The molecule has 0 saturated carbocycles. The molecule has 0 saturated heterocycles. The fourth-order valence-corrected chi connectivity index (χ4v) is 2.29. The average molecular weight is 325 g/mol. The fraction of sp³-hybridized carbons (Fsp3) is 0. The molecule has 0 radical (unpaired) electrons. The highest BCUT2D eigenvalue weighted by molar-refractivity contribution is 6.38. The molecule has 0 atom stereocenters. The summed E-state index contributed by atoms with van der Waals surface area (Å²) in [7, 11) is 0. The van der Waals surface area contributed by atoms with Gasteiger partial charge in [0.25, 0.3) is 5.91 Å². The van der Waals surface area contributed by atoms with Crippen molar-refractivity contribution in [3.8, 4) is 0 Å². The molecule has 0 aromatic heterocycles. The molecule has 108 valence electrons. The summed E-state index contributed by atoms with van der Waals surface area (Å²) in [4.78, 5) is 23.4. The number of amides is 1. The van der Waals surface area contributed by atoms with Gasteiger partial charge in [0.15, 0.2) is 0 Å². The molecule has 0 aliphatic carbocycles. The molecule has 0 fully saturated rings. The molecule has 0 bridgehead atoms. The van der Waals surface area contributed by atoms with Gasteiger partial charge in [-0.2, -0.15) is 0 Å². The van der Waals surface area contributed by atoms with E-state index in [1.54, 1.807) is 18.2 Å². The third-order valence-corrected chi connectivity index (χ3v) is 3.25. The summed E-state index contributed by atoms with van der Waals surface area (Å²) in [5.74, 6) is -1.81. The number of carboxylic acid groups (broad SMARTS) is 1. The topological polar surface area (TPSA) is 92.4 Å². The number of hydrogen-bond donors (Lipinski definition) is 3. The SMILES string of the molecule is Nc1ccccc1C(=O)Nc1c(Cl)cc(Cl)cc1C(=O)O. The number of hydrogen-bond acceptors (Lipinski definition) is 3. The first-order chi connectivity index (χ1) is 9.90. The molecular formula is C14H10Cl2N2O3. The van der Waals surface area contributed by atoms with Crippen LogP contribution in [0.1, 0.15) is 20.7 Å². The van der Waals surface area contributed by atoms with Crippen LogP contribution in [0.25, 0.3) is 0 Å². The van der Waals surface area contributed by atoms with Gasteiger partial charge >= 0.3 is 5.97 Å². The molecule has 0 aliphatic heterocycles. The molecule has 2 aromatic rings. The molecule has 2 rings (SSSR count). The average Bonchev–Trinajstić information content (AvgIpc) is 2.41. The van der Waals surface area contributed by atoms with E-state index in [0.717, 1.165) is 0 Å². The lowest BCUT2D eigenvalue weighted by Gasteiger charge is -2.12. The molecule has 2 aromatic carbocycles. The Kier molecular flexibility index (Phi) is 4.35. The largest absolute Gasteiger partial charge is 0.478 e. The van der Waals surface area contributed by atoms with Crippen molar-refractivity contribution in [2.45, 2.75) is 0 Å². The van der Waals surface area contributed by atoms with Crippen molar-refractivity contribution in [1.29, 1.82) is 0 Å². The molecule has 7 heteroatoms. The first-order valence-electron chi connectivity index (χ1n) is 5.78. The molecular weight excluding hydrogens is 315 g/mol. The molecule has 0 heterocycles. The van der Waals surface area contributed by atoms with E-state index in [1.807, 2.05) is 0 Å². The van der Waals surface area contributed by atoms with E-state index in [2.05, 4.69) is 5.32 Å². The van der Waals surface area contributed by atoms with Crippen molar-refractivity contribution in [1.82, 2.24) is 0 Å². The highest BCUT2D eigenvalue weighted by atomic mass is 35.5. The minimum absolute atomic E-state index is 0.0261. The smallest absolute Gasteiger partial charge is 0.337 e. The van der Waals surface area contributed by atoms with E-state index in [-0.39, 0.29) is 32.5 Å². The second kappa shape index (κ2) is 6.03. The Labute approximate surface area is 130 Å². The van der Waals surface area contributed by atoms with Crippen LogP contribution < -0.4 is 11.1 Å². The Morgan fingerprint density at radius 2 is 1.76 bits per heavy atom. The molecule has 0 spiro atoms. The fourth-order valence-electron chi connectivity index (χ4n) is 1.75. The van der Waals surface area contributed by atoms with Crippen molar-refractivity contribution >= 4 is 46.5 Å². The number of anilines is 2. The number of nitrogens with two attached hydrogens (primary N) is 1. The number of carboxylic acids is 1. The summed E-state index contributed by atoms with van der Waals surface area (Å²) in [6, 6.07) is 8.97. The number of nitrogen functional groups attached to an aromatic ring is 1. The highest BCUT2D eigenvalue weighted by Gasteiger charge is 2.18. The van der Waals surface area contributed by atoms with Gasteiger partial charge in [-0.05, 0) is 24.3 Å². The van der Waals surface area contributed by atoms with E-state index in [4.69, 9.17) is 34.0 Å². The Morgan fingerprint density at radius 3 is 2.38 bits per heavy atom. The van der Waals surface area contributed by atoms with Gasteiger partial charge < -0.3 is 16.2 Å². The van der Waals surface area contributed by atoms with Crippen molar-refractivity contribution in [2.75, 3.05) is 11.1 Å². The van der Waals surface area contributed by atoms with Gasteiger partial charge in [-0.3, -0.25) is 4.79 Å². The number of aromatic carboxylic acids is 1. The van der Waals surface area contributed by atoms with E-state index >= 15 is 0 Å². The summed E-state index contributed by atoms with van der Waals surface area (Å²) >= 11 is 11.7. The number of carbonyl (C=O) groups is 2. The van der Waals surface area contributed by atoms with Gasteiger partial charge in [0.05, 0.1) is 21.8 Å². The van der Waals surface area contributed by atoms with Crippen LogP contribution in [0.4, 0.5) is 11.4 Å².